The molecule has 3 aromatic rings. The molecule has 0 bridgehead atoms. The zero-order valence-electron chi connectivity index (χ0n) is 17.5. The van der Waals surface area contributed by atoms with Crippen LogP contribution in [-0.2, 0) is 17.2 Å². The van der Waals surface area contributed by atoms with Crippen molar-refractivity contribution in [3.8, 4) is 0 Å². The summed E-state index contributed by atoms with van der Waals surface area (Å²) >= 11 is 0. The van der Waals surface area contributed by atoms with E-state index in [4.69, 9.17) is 4.42 Å². The van der Waals surface area contributed by atoms with E-state index in [0.29, 0.717) is 27.2 Å². The van der Waals surface area contributed by atoms with Gasteiger partial charge < -0.3 is 9.52 Å². The summed E-state index contributed by atoms with van der Waals surface area (Å²) in [5, 5.41) is 9.84. The first kappa shape index (κ1) is 22.2. The molecule has 0 aliphatic heterocycles. The maximum absolute atomic E-state index is 13.2. The van der Waals surface area contributed by atoms with E-state index < -0.39 is 16.8 Å². The first-order valence-electron chi connectivity index (χ1n) is 10.6. The number of benzene rings is 2. The molecule has 0 saturated heterocycles. The highest BCUT2D eigenvalue weighted by Crippen LogP contribution is 2.27. The molecule has 1 unspecified atom stereocenters. The average molecular weight is 429 g/mol. The van der Waals surface area contributed by atoms with Crippen LogP contribution in [0.3, 0.4) is 0 Å². The molecular formula is C24H28O5S. The molecule has 0 fully saturated rings. The number of unbranched alkanes of at least 4 members (excludes halogenated alkanes) is 5. The van der Waals surface area contributed by atoms with Gasteiger partial charge in [0.1, 0.15) is 5.58 Å². The van der Waals surface area contributed by atoms with Gasteiger partial charge in [0.05, 0.1) is 32.0 Å². The summed E-state index contributed by atoms with van der Waals surface area (Å²) in [6.45, 7) is 4.03. The van der Waals surface area contributed by atoms with E-state index in [1.54, 1.807) is 0 Å². The van der Waals surface area contributed by atoms with E-state index in [2.05, 4.69) is 6.92 Å². The molecule has 0 spiro atoms. The monoisotopic (exact) mass is 428 g/mol. The molecule has 30 heavy (non-hydrogen) atoms. The summed E-state index contributed by atoms with van der Waals surface area (Å²) in [4.78, 5) is 25.0. The molecule has 3 rings (SSSR count). The second-order valence-corrected chi connectivity index (χ2v) is 9.28. The number of carboxylic acid groups (broad SMARTS) is 1. The molecule has 0 aliphatic carbocycles. The van der Waals surface area contributed by atoms with Crippen molar-refractivity contribution in [3.63, 3.8) is 0 Å². The van der Waals surface area contributed by atoms with Crippen LogP contribution in [0.5, 0.6) is 0 Å². The van der Waals surface area contributed by atoms with Crippen molar-refractivity contribution in [1.29, 1.82) is 0 Å². The van der Waals surface area contributed by atoms with E-state index in [-0.39, 0.29) is 16.4 Å². The third kappa shape index (κ3) is 4.81. The van der Waals surface area contributed by atoms with Gasteiger partial charge in [0.25, 0.3) is 0 Å². The van der Waals surface area contributed by atoms with Gasteiger partial charge >= 0.3 is 5.97 Å². The summed E-state index contributed by atoms with van der Waals surface area (Å²) in [6.07, 6.45) is 7.84. The van der Waals surface area contributed by atoms with E-state index in [0.717, 1.165) is 24.8 Å². The van der Waals surface area contributed by atoms with Crippen LogP contribution >= 0.6 is 0 Å². The zero-order chi connectivity index (χ0) is 21.7. The highest BCUT2D eigenvalue weighted by atomic mass is 32.2. The van der Waals surface area contributed by atoms with E-state index in [9.17, 15) is 18.9 Å². The fourth-order valence-electron chi connectivity index (χ4n) is 3.70. The second-order valence-electron chi connectivity index (χ2n) is 7.57. The van der Waals surface area contributed by atoms with Crippen LogP contribution in [0.1, 0.15) is 68.3 Å². The minimum atomic E-state index is -1.28. The Morgan fingerprint density at radius 3 is 2.43 bits per heavy atom. The Balaban J connectivity index is 2.05. The zero-order valence-corrected chi connectivity index (χ0v) is 18.3. The van der Waals surface area contributed by atoms with Crippen LogP contribution in [0.15, 0.2) is 44.4 Å². The molecule has 6 heteroatoms. The van der Waals surface area contributed by atoms with Gasteiger partial charge in [0.2, 0.25) is 5.43 Å². The summed E-state index contributed by atoms with van der Waals surface area (Å²) in [5.41, 5.74) is 1.36. The molecule has 1 atom stereocenters. The Hall–Kier alpha value is -2.47. The fraction of sp³-hybridized carbons (Fsp3) is 0.417. The molecule has 0 amide bonds. The number of rotatable bonds is 10. The molecular weight excluding hydrogens is 400 g/mol. The Morgan fingerprint density at radius 1 is 1.00 bits per heavy atom. The van der Waals surface area contributed by atoms with Gasteiger partial charge in [0.15, 0.2) is 5.58 Å². The number of hydrogen-bond donors (Lipinski definition) is 1. The standard InChI is InChI=1S/C24H28O5S/c1-3-5-6-7-8-9-10-16-13-19-22(25)18-15-17(24(26)27)11-12-20(18)29-23(19)21(14-16)30(28)4-2/h11-15H,3-10H2,1-2H3,(H,26,27). The second kappa shape index (κ2) is 10.0. The van der Waals surface area contributed by atoms with E-state index in [1.807, 2.05) is 19.1 Å². The predicted octanol–water partition coefficient (Wildman–Crippen LogP) is 5.67. The molecule has 0 radical (unpaired) electrons. The van der Waals surface area contributed by atoms with Crippen molar-refractivity contribution < 1.29 is 18.5 Å². The molecule has 160 valence electrons. The van der Waals surface area contributed by atoms with E-state index in [1.165, 1.54) is 43.9 Å². The first-order valence-corrected chi connectivity index (χ1v) is 11.9. The Bertz CT molecular complexity index is 1150. The lowest BCUT2D eigenvalue weighted by Gasteiger charge is -2.10. The minimum absolute atomic E-state index is 0.0368. The molecule has 5 nitrogen and oxygen atoms in total. The lowest BCUT2D eigenvalue weighted by molar-refractivity contribution is 0.0697. The maximum atomic E-state index is 13.2. The van der Waals surface area contributed by atoms with Crippen molar-refractivity contribution in [2.45, 2.75) is 63.7 Å². The largest absolute Gasteiger partial charge is 0.478 e. The summed E-state index contributed by atoms with van der Waals surface area (Å²) in [5.74, 6) is -0.670. The lowest BCUT2D eigenvalue weighted by atomic mass is 10.0. The summed E-state index contributed by atoms with van der Waals surface area (Å²) < 4.78 is 18.6. The molecule has 0 aliphatic rings. The van der Waals surface area contributed by atoms with Crippen LogP contribution < -0.4 is 5.43 Å². The SMILES string of the molecule is CCCCCCCCc1cc(S(=O)CC)c2oc3ccc(C(=O)O)cc3c(=O)c2c1. The molecule has 2 aromatic carbocycles. The van der Waals surface area contributed by atoms with Gasteiger partial charge in [-0.2, -0.15) is 0 Å². The molecule has 1 heterocycles. The van der Waals surface area contributed by atoms with E-state index >= 15 is 0 Å². The van der Waals surface area contributed by atoms with Crippen LogP contribution in [0.25, 0.3) is 21.9 Å². The highest BCUT2D eigenvalue weighted by molar-refractivity contribution is 7.85. The smallest absolute Gasteiger partial charge is 0.335 e. The molecule has 1 N–H and O–H groups in total. The molecule has 0 saturated carbocycles. The van der Waals surface area contributed by atoms with Crippen LogP contribution in [0.4, 0.5) is 0 Å². The highest BCUT2D eigenvalue weighted by Gasteiger charge is 2.17. The Morgan fingerprint density at radius 2 is 1.73 bits per heavy atom. The van der Waals surface area contributed by atoms with Crippen LogP contribution in [-0.4, -0.2) is 21.0 Å². The topological polar surface area (TPSA) is 84.6 Å². The van der Waals surface area contributed by atoms with Crippen molar-refractivity contribution in [2.75, 3.05) is 5.75 Å². The number of hydrogen-bond acceptors (Lipinski definition) is 4. The third-order valence-corrected chi connectivity index (χ3v) is 6.69. The van der Waals surface area contributed by atoms with Crippen LogP contribution in [0.2, 0.25) is 0 Å². The summed E-state index contributed by atoms with van der Waals surface area (Å²) in [7, 11) is -1.28. The third-order valence-electron chi connectivity index (χ3n) is 5.37. The minimum Gasteiger partial charge on any atom is -0.478 e. The first-order chi connectivity index (χ1) is 14.5. The quantitative estimate of drug-likeness (QED) is 0.332. The van der Waals surface area contributed by atoms with Gasteiger partial charge in [0, 0.05) is 5.75 Å². The number of fused-ring (bicyclic) bond motifs is 2. The van der Waals surface area contributed by atoms with Gasteiger partial charge in [-0.1, -0.05) is 46.0 Å². The fourth-order valence-corrected chi connectivity index (χ4v) is 4.65. The number of aryl methyl sites for hydroxylation is 1. The van der Waals surface area contributed by atoms with Crippen molar-refractivity contribution in [2.24, 2.45) is 0 Å². The number of carboxylic acids is 1. The maximum Gasteiger partial charge on any atom is 0.335 e. The number of carbonyl (C=O) groups is 1. The predicted molar refractivity (Wildman–Crippen MR) is 121 cm³/mol. The van der Waals surface area contributed by atoms with Crippen molar-refractivity contribution in [1.82, 2.24) is 0 Å². The van der Waals surface area contributed by atoms with Gasteiger partial charge in [-0.25, -0.2) is 4.79 Å². The molecule has 1 aromatic heterocycles. The Labute approximate surface area is 178 Å². The van der Waals surface area contributed by atoms with Gasteiger partial charge in [-0.3, -0.25) is 9.00 Å². The average Bonchev–Trinajstić information content (AvgIpc) is 2.75. The normalized spacial score (nSPS) is 12.5. The van der Waals surface area contributed by atoms with Gasteiger partial charge in [-0.15, -0.1) is 0 Å². The lowest BCUT2D eigenvalue weighted by Crippen LogP contribution is -2.07. The van der Waals surface area contributed by atoms with Crippen molar-refractivity contribution >= 4 is 38.7 Å². The van der Waals surface area contributed by atoms with Crippen LogP contribution in [0, 0.1) is 0 Å². The number of aromatic carboxylic acids is 1. The summed E-state index contributed by atoms with van der Waals surface area (Å²) in [6, 6.07) is 7.95. The van der Waals surface area contributed by atoms with Crippen molar-refractivity contribution in [3.05, 3.63) is 51.7 Å². The Kier molecular flexibility index (Phi) is 7.43. The van der Waals surface area contributed by atoms with Gasteiger partial charge in [-0.05, 0) is 48.7 Å².